The first-order chi connectivity index (χ1) is 4.70. The van der Waals surface area contributed by atoms with Gasteiger partial charge in [-0.2, -0.15) is 8.42 Å². The minimum absolute atomic E-state index is 0.120. The first kappa shape index (κ1) is 7.08. The molecule has 0 aromatic rings. The molecule has 0 unspecified atom stereocenters. The number of allylic oxidation sites excluding steroid dienone is 3. The van der Waals surface area contributed by atoms with Crippen LogP contribution in [0.2, 0.25) is 0 Å². The summed E-state index contributed by atoms with van der Waals surface area (Å²) in [6.07, 6.45) is 4.48. The van der Waals surface area contributed by atoms with Gasteiger partial charge in [0.15, 0.2) is 0 Å². The fourth-order valence-electron chi connectivity index (χ4n) is 0.643. The Kier molecular flexibility index (Phi) is 1.91. The molecular formula is C6H6O3S. The van der Waals surface area contributed by atoms with Crippen LogP contribution >= 0.6 is 0 Å². The lowest BCUT2D eigenvalue weighted by Gasteiger charge is -1.97. The summed E-state index contributed by atoms with van der Waals surface area (Å²) < 4.78 is 20.5. The van der Waals surface area contributed by atoms with Gasteiger partial charge >= 0.3 is 0 Å². The van der Waals surface area contributed by atoms with Crippen molar-refractivity contribution in [3.05, 3.63) is 24.0 Å². The fourth-order valence-corrected chi connectivity index (χ4v) is 1.04. The zero-order valence-corrected chi connectivity index (χ0v) is 5.93. The Morgan fingerprint density at radius 3 is 2.50 bits per heavy atom. The Morgan fingerprint density at radius 2 is 2.10 bits per heavy atom. The third-order valence-corrected chi connectivity index (χ3v) is 1.90. The van der Waals surface area contributed by atoms with Gasteiger partial charge in [-0.25, -0.2) is 0 Å². The Hall–Kier alpha value is -1.03. The zero-order valence-electron chi connectivity index (χ0n) is 5.11. The molecule has 0 amide bonds. The second-order valence-corrected chi connectivity index (χ2v) is 2.86. The minimum Gasteiger partial charge on any atom is -0.508 e. The fraction of sp³-hybridized carbons (Fsp3) is 0.167. The maximum absolute atomic E-state index is 10.3. The highest BCUT2D eigenvalue weighted by Crippen LogP contribution is 2.03. The van der Waals surface area contributed by atoms with Gasteiger partial charge in [-0.1, -0.05) is 0 Å². The summed E-state index contributed by atoms with van der Waals surface area (Å²) in [7, 11) is -2.14. The van der Waals surface area contributed by atoms with Gasteiger partial charge in [-0.05, 0) is 18.2 Å². The van der Waals surface area contributed by atoms with Crippen molar-refractivity contribution in [1.82, 2.24) is 0 Å². The van der Waals surface area contributed by atoms with Crippen LogP contribution in [0.5, 0.6) is 0 Å². The van der Waals surface area contributed by atoms with E-state index in [2.05, 4.69) is 0 Å². The Bertz CT molecular complexity index is 311. The molecule has 0 spiro atoms. The Labute approximate surface area is 59.8 Å². The van der Waals surface area contributed by atoms with Crippen molar-refractivity contribution >= 4 is 15.2 Å². The summed E-state index contributed by atoms with van der Waals surface area (Å²) in [6, 6.07) is 0. The highest BCUT2D eigenvalue weighted by atomic mass is 32.2. The van der Waals surface area contributed by atoms with Crippen molar-refractivity contribution in [1.29, 1.82) is 0 Å². The van der Waals surface area contributed by atoms with Gasteiger partial charge in [0.25, 0.3) is 0 Å². The largest absolute Gasteiger partial charge is 0.508 e. The van der Waals surface area contributed by atoms with Crippen LogP contribution in [0.4, 0.5) is 0 Å². The normalized spacial score (nSPS) is 16.8. The van der Waals surface area contributed by atoms with Gasteiger partial charge in [-0.15, -0.1) is 0 Å². The Morgan fingerprint density at radius 1 is 1.40 bits per heavy atom. The molecule has 54 valence electrons. The second-order valence-electron chi connectivity index (χ2n) is 1.87. The molecule has 0 aromatic carbocycles. The van der Waals surface area contributed by atoms with E-state index in [1.165, 1.54) is 18.2 Å². The van der Waals surface area contributed by atoms with Crippen LogP contribution < -0.4 is 0 Å². The van der Waals surface area contributed by atoms with Crippen LogP contribution in [0.3, 0.4) is 0 Å². The van der Waals surface area contributed by atoms with Crippen molar-refractivity contribution in [2.75, 3.05) is 0 Å². The molecule has 10 heavy (non-hydrogen) atoms. The molecule has 1 rings (SSSR count). The van der Waals surface area contributed by atoms with E-state index >= 15 is 0 Å². The second kappa shape index (κ2) is 2.70. The molecule has 0 saturated heterocycles. The van der Waals surface area contributed by atoms with Gasteiger partial charge in [0.05, 0.1) is 4.86 Å². The predicted octanol–water partition coefficient (Wildman–Crippen LogP) is 0.440. The number of rotatable bonds is 0. The quantitative estimate of drug-likeness (QED) is 0.520. The van der Waals surface area contributed by atoms with E-state index in [0.717, 1.165) is 0 Å². The van der Waals surface area contributed by atoms with Crippen LogP contribution in [0.25, 0.3) is 0 Å². The highest BCUT2D eigenvalue weighted by Gasteiger charge is 2.00. The van der Waals surface area contributed by atoms with Crippen molar-refractivity contribution in [2.45, 2.75) is 6.42 Å². The van der Waals surface area contributed by atoms with E-state index in [1.807, 2.05) is 0 Å². The summed E-state index contributed by atoms with van der Waals surface area (Å²) in [5.74, 6) is 0.120. The number of aliphatic hydroxyl groups is 1. The standard InChI is InChI=1S/C6H6O3S/c7-5-1-3-6(4-2-5)10(8)9/h1-3,7H,4H2. The molecule has 0 heterocycles. The average Bonchev–Trinajstić information content (AvgIpc) is 1.88. The smallest absolute Gasteiger partial charge is 0.217 e. The topological polar surface area (TPSA) is 54.4 Å². The summed E-state index contributed by atoms with van der Waals surface area (Å²) in [5.41, 5.74) is 0. The lowest BCUT2D eigenvalue weighted by atomic mass is 10.2. The Balaban J connectivity index is 3.01. The zero-order chi connectivity index (χ0) is 7.56. The first-order valence-corrected chi connectivity index (χ1v) is 3.80. The molecule has 0 fully saturated rings. The van der Waals surface area contributed by atoms with Crippen molar-refractivity contribution in [3.63, 3.8) is 0 Å². The van der Waals surface area contributed by atoms with Crippen LogP contribution in [0, 0.1) is 0 Å². The summed E-state index contributed by atoms with van der Waals surface area (Å²) in [5, 5.41) is 8.77. The third kappa shape index (κ3) is 1.48. The molecule has 1 aliphatic carbocycles. The summed E-state index contributed by atoms with van der Waals surface area (Å²) in [6.45, 7) is 0. The minimum atomic E-state index is -2.14. The van der Waals surface area contributed by atoms with Gasteiger partial charge in [0.1, 0.15) is 5.76 Å². The van der Waals surface area contributed by atoms with E-state index in [1.54, 1.807) is 0 Å². The molecule has 0 saturated carbocycles. The summed E-state index contributed by atoms with van der Waals surface area (Å²) in [4.78, 5) is 0.304. The lowest BCUT2D eigenvalue weighted by Crippen LogP contribution is -1.98. The van der Waals surface area contributed by atoms with Crippen LogP contribution in [-0.4, -0.2) is 18.4 Å². The molecule has 0 radical (unpaired) electrons. The molecule has 4 heteroatoms. The van der Waals surface area contributed by atoms with Crippen LogP contribution in [-0.2, 0) is 10.3 Å². The maximum Gasteiger partial charge on any atom is 0.217 e. The van der Waals surface area contributed by atoms with Gasteiger partial charge in [-0.3, -0.25) is 0 Å². The molecular weight excluding hydrogens is 152 g/mol. The van der Waals surface area contributed by atoms with E-state index < -0.39 is 10.3 Å². The number of aliphatic hydroxyl groups excluding tert-OH is 1. The molecule has 0 aromatic heterocycles. The highest BCUT2D eigenvalue weighted by molar-refractivity contribution is 7.73. The molecule has 0 aliphatic heterocycles. The molecule has 1 N–H and O–H groups in total. The van der Waals surface area contributed by atoms with E-state index in [-0.39, 0.29) is 5.76 Å². The third-order valence-electron chi connectivity index (χ3n) is 1.17. The monoisotopic (exact) mass is 158 g/mol. The van der Waals surface area contributed by atoms with E-state index in [4.69, 9.17) is 5.11 Å². The van der Waals surface area contributed by atoms with Crippen LogP contribution in [0.15, 0.2) is 24.0 Å². The van der Waals surface area contributed by atoms with Gasteiger partial charge in [0, 0.05) is 6.42 Å². The van der Waals surface area contributed by atoms with Crippen molar-refractivity contribution < 1.29 is 13.5 Å². The van der Waals surface area contributed by atoms with Crippen molar-refractivity contribution in [3.8, 4) is 0 Å². The first-order valence-electron chi connectivity index (χ1n) is 2.72. The van der Waals surface area contributed by atoms with Gasteiger partial charge < -0.3 is 5.11 Å². The molecule has 0 bridgehead atoms. The van der Waals surface area contributed by atoms with Gasteiger partial charge in [0.2, 0.25) is 10.3 Å². The predicted molar refractivity (Wildman–Crippen MR) is 38.4 cm³/mol. The lowest BCUT2D eigenvalue weighted by molar-refractivity contribution is 0.430. The number of hydrogen-bond acceptors (Lipinski definition) is 3. The van der Waals surface area contributed by atoms with E-state index in [0.29, 0.717) is 11.3 Å². The summed E-state index contributed by atoms with van der Waals surface area (Å²) >= 11 is 0. The maximum atomic E-state index is 10.3. The molecule has 3 nitrogen and oxygen atoms in total. The SMILES string of the molecule is O=S(=O)=C1C=CC(O)=CC1. The van der Waals surface area contributed by atoms with E-state index in [9.17, 15) is 8.42 Å². The van der Waals surface area contributed by atoms with Crippen molar-refractivity contribution in [2.24, 2.45) is 0 Å². The molecule has 0 atom stereocenters. The molecule has 1 aliphatic rings. The average molecular weight is 158 g/mol. The number of hydrogen-bond donors (Lipinski definition) is 1. The van der Waals surface area contributed by atoms with Crippen LogP contribution in [0.1, 0.15) is 6.42 Å².